The second-order valence-electron chi connectivity index (χ2n) is 27.6. The summed E-state index contributed by atoms with van der Waals surface area (Å²) >= 11 is 51.8. The minimum absolute atomic E-state index is 0.00380. The zero-order valence-corrected chi connectivity index (χ0v) is 70.9. The Hall–Kier alpha value is -6.22. The molecule has 4 aromatic carbocycles. The summed E-state index contributed by atoms with van der Waals surface area (Å²) < 4.78 is 84.1. The van der Waals surface area contributed by atoms with Gasteiger partial charge < -0.3 is 20.8 Å². The van der Waals surface area contributed by atoms with Crippen LogP contribution in [-0.2, 0) is 44.6 Å². The highest BCUT2D eigenvalue weighted by Gasteiger charge is 2.39. The van der Waals surface area contributed by atoms with E-state index >= 15 is 0 Å². The fourth-order valence-corrected chi connectivity index (χ4v) is 16.2. The van der Waals surface area contributed by atoms with Gasteiger partial charge in [0.2, 0.25) is 0 Å². The zero-order valence-electron chi connectivity index (χ0n) is 61.1. The number of halogens is 15. The fraction of sp³-hybridized carbons (Fsp3) is 0.385. The van der Waals surface area contributed by atoms with E-state index in [1.54, 1.807) is 31.5 Å². The molecule has 5 aromatic heterocycles. The summed E-state index contributed by atoms with van der Waals surface area (Å²) in [7, 11) is 0. The number of nitrogens with two attached hydrogens (primary N) is 1. The maximum absolute atomic E-state index is 14.3. The van der Waals surface area contributed by atoms with Gasteiger partial charge in [-0.2, -0.15) is 0 Å². The Bertz CT molecular complexity index is 4920. The molecule has 9 atom stereocenters. The maximum atomic E-state index is 14.3. The summed E-state index contributed by atoms with van der Waals surface area (Å²) in [4.78, 5) is 72.6. The highest BCUT2D eigenvalue weighted by molar-refractivity contribution is 14.1. The minimum atomic E-state index is -3.22. The van der Waals surface area contributed by atoms with Crippen molar-refractivity contribution in [3.8, 4) is 45.6 Å². The van der Waals surface area contributed by atoms with Crippen LogP contribution in [0.2, 0.25) is 25.2 Å². The molecular formula is C78H78Cl9F5IN12O5P. The van der Waals surface area contributed by atoms with Crippen LogP contribution in [0.1, 0.15) is 174 Å². The van der Waals surface area contributed by atoms with Gasteiger partial charge in [-0.15, -0.1) is 11.6 Å². The van der Waals surface area contributed by atoms with Crippen LogP contribution in [0.4, 0.5) is 33.5 Å². The first-order chi connectivity index (χ1) is 52.5. The van der Waals surface area contributed by atoms with Crippen LogP contribution in [0, 0.1) is 57.1 Å². The molecule has 2 saturated carbocycles. The average Bonchev–Trinajstić information content (AvgIpc) is 1.70. The molecule has 9 aromatic rings. The number of anilines is 2. The fourth-order valence-electron chi connectivity index (χ4n) is 13.8. The Morgan fingerprint density at radius 3 is 1.53 bits per heavy atom. The maximum Gasteiger partial charge on any atom is 0.339 e. The molecule has 5 N–H and O–H groups in total. The molecule has 2 fully saturated rings. The molecule has 33 heteroatoms. The molecule has 6 aliphatic carbocycles. The quantitative estimate of drug-likeness (QED) is 0.0121. The Morgan fingerprint density at radius 1 is 0.613 bits per heavy atom. The number of benzene rings is 4. The number of nitrogens with zero attached hydrogens (tertiary/aromatic N) is 8. The third kappa shape index (κ3) is 23.5. The molecule has 6 aliphatic rings. The standard InChI is InChI=1S/C20H18ClFN4.C14H11Cl2FN2.C14H11ClFIN2.C14H12ClFN2O.C9H14O3.C7H12ClFN2.Cl3OP/c1-11-3-6-17-18(11)20(24-16-7-8-23-10-12(16)2)26-19(25-17)14-9-13(21)4-5-15(14)22;1-7-2-5-11-12(7)13(16)19-14(18-11)9-6-8(15)3-4-10(9)17;1-7-2-5-11-12(7)13(17)19-14(18-11)9-6-8(15)3-4-10(9)16;1-7-2-5-11-12(7)14(19)18-13(17-11)9-6-8(15)3-4-10(9)16;1-3-12-9(11)8-6(2)4-5-7(8)10;8-4-1-2-6(9)5(3-4)7(10)11;1-5(2,3)4/h4-5,7-11H,3,6H2,1-2H3,(H,23,24,25,26);2*3-4,6-7H,2,5H2,1H3;3-4,6-7H,2,5H2,1H3,(H,17,18,19);6,8H,3-5H2,1-2H3;4-6H,1-3H2,(H3,10,11);. The van der Waals surface area contributed by atoms with E-state index in [0.717, 1.165) is 118 Å². The lowest BCUT2D eigenvalue weighted by molar-refractivity contribution is -0.151. The van der Waals surface area contributed by atoms with Crippen molar-refractivity contribution < 1.29 is 40.8 Å². The number of ketones is 1. The third-order valence-corrected chi connectivity index (χ3v) is 22.1. The number of esters is 1. The summed E-state index contributed by atoms with van der Waals surface area (Å²) in [6, 6.07) is 19.3. The van der Waals surface area contributed by atoms with E-state index in [2.05, 4.69) is 127 Å². The lowest BCUT2D eigenvalue weighted by Crippen LogP contribution is -2.36. The summed E-state index contributed by atoms with van der Waals surface area (Å²) in [6.45, 7) is 14.5. The number of aromatic nitrogens is 9. The number of carbonyl (C=O) groups is 2. The van der Waals surface area contributed by atoms with Crippen molar-refractivity contribution in [2.75, 3.05) is 11.9 Å². The monoisotopic (exact) mass is 1830 g/mol. The van der Waals surface area contributed by atoms with Crippen LogP contribution < -0.4 is 16.6 Å². The number of aromatic amines is 1. The molecule has 0 radical (unpaired) electrons. The molecule has 0 bridgehead atoms. The van der Waals surface area contributed by atoms with Gasteiger partial charge in [0.05, 0.1) is 46.1 Å². The lowest BCUT2D eigenvalue weighted by Gasteiger charge is -2.27. The van der Waals surface area contributed by atoms with E-state index in [-0.39, 0.29) is 68.9 Å². The van der Waals surface area contributed by atoms with E-state index in [4.69, 9.17) is 85.5 Å². The van der Waals surface area contributed by atoms with Crippen LogP contribution in [0.5, 0.6) is 0 Å². The molecule has 15 rings (SSSR count). The van der Waals surface area contributed by atoms with Crippen LogP contribution in [-0.4, -0.2) is 80.6 Å². The number of pyridine rings is 1. The number of nitrogens with one attached hydrogen (secondary N) is 3. The van der Waals surface area contributed by atoms with Crippen molar-refractivity contribution in [2.45, 2.75) is 167 Å². The number of carbonyl (C=O) groups excluding carboxylic acids is 2. The number of ether oxygens (including phenoxy) is 1. The van der Waals surface area contributed by atoms with Crippen molar-refractivity contribution in [1.29, 1.82) is 5.41 Å². The van der Waals surface area contributed by atoms with Gasteiger partial charge in [-0.3, -0.25) is 29.3 Å². The van der Waals surface area contributed by atoms with Gasteiger partial charge in [0.25, 0.3) is 5.56 Å². The second kappa shape index (κ2) is 39.9. The van der Waals surface area contributed by atoms with Crippen LogP contribution in [0.15, 0.2) is 96.1 Å². The number of fused-ring (bicyclic) bond motifs is 4. The van der Waals surface area contributed by atoms with E-state index in [0.29, 0.717) is 104 Å². The molecule has 0 amide bonds. The van der Waals surface area contributed by atoms with E-state index in [9.17, 15) is 40.9 Å². The number of amidine groups is 1. The van der Waals surface area contributed by atoms with Crippen molar-refractivity contribution in [3.63, 3.8) is 0 Å². The highest BCUT2D eigenvalue weighted by atomic mass is 127. The molecule has 0 saturated heterocycles. The number of aryl methyl sites for hydroxylation is 5. The molecule has 0 spiro atoms. The van der Waals surface area contributed by atoms with E-state index < -0.39 is 34.8 Å². The Labute approximate surface area is 698 Å². The summed E-state index contributed by atoms with van der Waals surface area (Å²) in [5.74, 6) is 0.786. The predicted octanol–water partition coefficient (Wildman–Crippen LogP) is 23.6. The van der Waals surface area contributed by atoms with Crippen molar-refractivity contribution in [2.24, 2.45) is 23.5 Å². The van der Waals surface area contributed by atoms with Crippen LogP contribution >= 0.6 is 131 Å². The van der Waals surface area contributed by atoms with Crippen LogP contribution in [0.25, 0.3) is 45.6 Å². The smallest absolute Gasteiger partial charge is 0.339 e. The number of hydrogen-bond donors (Lipinski definition) is 4. The van der Waals surface area contributed by atoms with E-state index in [1.807, 2.05) is 26.8 Å². The lowest BCUT2D eigenvalue weighted by atomic mass is 9.86. The number of rotatable bonds is 9. The van der Waals surface area contributed by atoms with Gasteiger partial charge in [0.15, 0.2) is 17.5 Å². The molecule has 590 valence electrons. The molecule has 9 unspecified atom stereocenters. The molecule has 111 heavy (non-hydrogen) atoms. The van der Waals surface area contributed by atoms with Crippen molar-refractivity contribution in [3.05, 3.63) is 204 Å². The first-order valence-electron chi connectivity index (χ1n) is 35.6. The van der Waals surface area contributed by atoms with Crippen molar-refractivity contribution >= 4 is 160 Å². The number of hydrogen-bond acceptors (Lipinski definition) is 15. The Kier molecular flexibility index (Phi) is 31.9. The topological polar surface area (TPSA) is 258 Å². The largest absolute Gasteiger partial charge is 0.465 e. The van der Waals surface area contributed by atoms with Gasteiger partial charge in [-0.1, -0.05) is 92.6 Å². The molecule has 0 aliphatic heterocycles. The van der Waals surface area contributed by atoms with Gasteiger partial charge in [0.1, 0.15) is 61.6 Å². The first kappa shape index (κ1) is 88.7. The minimum Gasteiger partial charge on any atom is -0.465 e. The predicted molar refractivity (Wildman–Crippen MR) is 442 cm³/mol. The SMILES string of the molecule is CC1CCc2nc(-c3cc(Cl)ccc3F)[nH]c(=O)c21.CC1CCc2nc(-c3cc(Cl)ccc3F)nc(Cl)c21.CC1CCc2nc(-c3cc(Cl)ccc3F)nc(I)c21.CCOC(=O)C1C(=O)CCC1C.Cc1cnccc1Nc1nc(-c2cc(Cl)ccc2F)nc2c1C(C)CC2.N=C(N)C1CC(Cl)CCC1F.O=P(Cl)(Cl)Cl. The highest BCUT2D eigenvalue weighted by Crippen LogP contribution is 2.61. The molecule has 5 heterocycles. The first-order valence-corrected chi connectivity index (χ1v) is 43.5. The van der Waals surface area contributed by atoms with Gasteiger partial charge in [-0.25, -0.2) is 56.8 Å². The number of Topliss-reactive ketones (excluding diaryl/α,β-unsaturated/α-hetero) is 1. The summed E-state index contributed by atoms with van der Waals surface area (Å²) in [5, 5.41) is 9.49. The van der Waals surface area contributed by atoms with Crippen LogP contribution in [0.3, 0.4) is 0 Å². The summed E-state index contributed by atoms with van der Waals surface area (Å²) in [5.41, 5.74) is 15.9. The molecular weight excluding hydrogens is 1760 g/mol. The zero-order chi connectivity index (χ0) is 81.0. The third-order valence-electron chi connectivity index (χ3n) is 19.6. The molecule has 17 nitrogen and oxygen atoms in total. The Balaban J connectivity index is 0.000000154. The average molecular weight is 1840 g/mol. The van der Waals surface area contributed by atoms with E-state index in [1.165, 1.54) is 66.2 Å². The normalized spacial score (nSPS) is 20.2. The number of H-pyrrole nitrogens is 1. The van der Waals surface area contributed by atoms with Gasteiger partial charge in [0, 0.05) is 89.5 Å². The Morgan fingerprint density at radius 2 is 1.05 bits per heavy atom. The van der Waals surface area contributed by atoms with Gasteiger partial charge in [-0.05, 0) is 261 Å². The van der Waals surface area contributed by atoms with Crippen molar-refractivity contribution in [1.82, 2.24) is 44.9 Å². The summed E-state index contributed by atoms with van der Waals surface area (Å²) in [6.07, 6.45) is 13.0. The number of alkyl halides is 2. The van der Waals surface area contributed by atoms with Gasteiger partial charge >= 0.3 is 11.2 Å². The second-order valence-corrected chi connectivity index (χ2v) is 38.0.